The van der Waals surface area contributed by atoms with Crippen molar-refractivity contribution >= 4 is 21.6 Å². The Morgan fingerprint density at radius 3 is 2.11 bits per heavy atom. The topological polar surface area (TPSA) is 84.9 Å². The molecule has 0 saturated heterocycles. The minimum Gasteiger partial charge on any atom is -0.490 e. The SMILES string of the molecule is CCOc1ccc(CNC(=O)CN(c2cc(C)cc(C)c2)S(=O)(=O)c2ccccc2)cc1OCC. The standard InChI is InChI=1S/C27H32N2O5S/c1-5-33-25-13-12-22(17-26(25)34-6-2)18-28-27(30)19-29(23-15-20(3)14-21(4)16-23)35(31,32)24-10-8-7-9-11-24/h7-17H,5-6,18-19H2,1-4H3,(H,28,30). The number of nitrogens with one attached hydrogen (secondary N) is 1. The quantitative estimate of drug-likeness (QED) is 0.419. The molecule has 0 aromatic heterocycles. The molecule has 0 heterocycles. The van der Waals surface area contributed by atoms with Crippen LogP contribution in [0, 0.1) is 13.8 Å². The molecule has 0 saturated carbocycles. The first-order valence-corrected chi connectivity index (χ1v) is 13.0. The second kappa shape index (κ2) is 11.8. The molecule has 7 nitrogen and oxygen atoms in total. The minimum atomic E-state index is -3.96. The number of rotatable bonds is 11. The van der Waals surface area contributed by atoms with Gasteiger partial charge < -0.3 is 14.8 Å². The number of sulfonamides is 1. The van der Waals surface area contributed by atoms with E-state index in [0.29, 0.717) is 30.4 Å². The van der Waals surface area contributed by atoms with Crippen molar-refractivity contribution in [3.8, 4) is 11.5 Å². The molecule has 0 unspecified atom stereocenters. The van der Waals surface area contributed by atoms with Crippen LogP contribution in [0.25, 0.3) is 0 Å². The fraction of sp³-hybridized carbons (Fsp3) is 0.296. The minimum absolute atomic E-state index is 0.125. The van der Waals surface area contributed by atoms with Crippen molar-refractivity contribution in [3.05, 3.63) is 83.4 Å². The predicted molar refractivity (Wildman–Crippen MR) is 138 cm³/mol. The third kappa shape index (κ3) is 6.76. The van der Waals surface area contributed by atoms with Gasteiger partial charge in [0, 0.05) is 6.54 Å². The molecule has 3 rings (SSSR count). The van der Waals surface area contributed by atoms with Gasteiger partial charge in [-0.1, -0.05) is 30.3 Å². The lowest BCUT2D eigenvalue weighted by atomic mass is 10.1. The molecular weight excluding hydrogens is 464 g/mol. The zero-order valence-electron chi connectivity index (χ0n) is 20.6. The molecule has 3 aromatic rings. The first-order chi connectivity index (χ1) is 16.7. The maximum absolute atomic E-state index is 13.5. The van der Waals surface area contributed by atoms with Gasteiger partial charge in [-0.25, -0.2) is 8.42 Å². The largest absolute Gasteiger partial charge is 0.490 e. The van der Waals surface area contributed by atoms with Crippen LogP contribution in [0.2, 0.25) is 0 Å². The molecule has 0 bridgehead atoms. The van der Waals surface area contributed by atoms with Crippen LogP contribution in [0.3, 0.4) is 0 Å². The average molecular weight is 497 g/mol. The monoisotopic (exact) mass is 496 g/mol. The number of carbonyl (C=O) groups excluding carboxylic acids is 1. The molecule has 0 aliphatic carbocycles. The lowest BCUT2D eigenvalue weighted by molar-refractivity contribution is -0.119. The highest BCUT2D eigenvalue weighted by atomic mass is 32.2. The van der Waals surface area contributed by atoms with Gasteiger partial charge in [-0.2, -0.15) is 0 Å². The zero-order valence-corrected chi connectivity index (χ0v) is 21.4. The number of aryl methyl sites for hydroxylation is 2. The van der Waals surface area contributed by atoms with Gasteiger partial charge in [0.15, 0.2) is 11.5 Å². The van der Waals surface area contributed by atoms with Crippen LogP contribution in [0.15, 0.2) is 71.6 Å². The number of ether oxygens (including phenoxy) is 2. The predicted octanol–water partition coefficient (Wildman–Crippen LogP) is 4.61. The van der Waals surface area contributed by atoms with Crippen LogP contribution in [-0.2, 0) is 21.4 Å². The third-order valence-corrected chi connectivity index (χ3v) is 7.00. The number of amides is 1. The highest BCUT2D eigenvalue weighted by Crippen LogP contribution is 2.29. The normalized spacial score (nSPS) is 11.1. The molecule has 8 heteroatoms. The molecule has 0 fully saturated rings. The highest BCUT2D eigenvalue weighted by molar-refractivity contribution is 7.92. The Kier molecular flexibility index (Phi) is 8.76. The Morgan fingerprint density at radius 2 is 1.49 bits per heavy atom. The first kappa shape index (κ1) is 26.1. The number of carbonyl (C=O) groups is 1. The van der Waals surface area contributed by atoms with Crippen LogP contribution in [0.4, 0.5) is 5.69 Å². The van der Waals surface area contributed by atoms with Crippen molar-refractivity contribution in [3.63, 3.8) is 0 Å². The van der Waals surface area contributed by atoms with Crippen molar-refractivity contribution in [2.45, 2.75) is 39.1 Å². The zero-order chi connectivity index (χ0) is 25.4. The second-order valence-electron chi connectivity index (χ2n) is 8.09. The maximum Gasteiger partial charge on any atom is 0.264 e. The molecule has 0 aliphatic heterocycles. The van der Waals surface area contributed by atoms with E-state index in [0.717, 1.165) is 21.0 Å². The van der Waals surface area contributed by atoms with Crippen molar-refractivity contribution in [2.75, 3.05) is 24.1 Å². The van der Waals surface area contributed by atoms with E-state index in [4.69, 9.17) is 9.47 Å². The molecule has 35 heavy (non-hydrogen) atoms. The Morgan fingerprint density at radius 1 is 0.857 bits per heavy atom. The molecule has 0 spiro atoms. The number of benzene rings is 3. The number of anilines is 1. The molecule has 1 N–H and O–H groups in total. The molecule has 186 valence electrons. The number of hydrogen-bond acceptors (Lipinski definition) is 5. The lowest BCUT2D eigenvalue weighted by Crippen LogP contribution is -2.40. The summed E-state index contributed by atoms with van der Waals surface area (Å²) in [4.78, 5) is 13.1. The van der Waals surface area contributed by atoms with Crippen molar-refractivity contribution in [1.82, 2.24) is 5.32 Å². The van der Waals surface area contributed by atoms with Crippen LogP contribution in [0.1, 0.15) is 30.5 Å². The first-order valence-electron chi connectivity index (χ1n) is 11.6. The summed E-state index contributed by atoms with van der Waals surface area (Å²) in [6, 6.07) is 19.1. The van der Waals surface area contributed by atoms with E-state index in [1.165, 1.54) is 12.1 Å². The van der Waals surface area contributed by atoms with Gasteiger partial charge in [-0.15, -0.1) is 0 Å². The van der Waals surface area contributed by atoms with Gasteiger partial charge in [-0.05, 0) is 80.8 Å². The van der Waals surface area contributed by atoms with Crippen LogP contribution >= 0.6 is 0 Å². The van der Waals surface area contributed by atoms with Gasteiger partial charge in [0.25, 0.3) is 10.0 Å². The number of hydrogen-bond donors (Lipinski definition) is 1. The number of nitrogens with zero attached hydrogens (tertiary/aromatic N) is 1. The van der Waals surface area contributed by atoms with E-state index < -0.39 is 15.9 Å². The average Bonchev–Trinajstić information content (AvgIpc) is 2.82. The van der Waals surface area contributed by atoms with E-state index in [9.17, 15) is 13.2 Å². The summed E-state index contributed by atoms with van der Waals surface area (Å²) in [5, 5.41) is 2.83. The van der Waals surface area contributed by atoms with Crippen LogP contribution in [0.5, 0.6) is 11.5 Å². The van der Waals surface area contributed by atoms with Gasteiger partial charge in [0.1, 0.15) is 6.54 Å². The summed E-state index contributed by atoms with van der Waals surface area (Å²) >= 11 is 0. The van der Waals surface area contributed by atoms with Gasteiger partial charge in [0.2, 0.25) is 5.91 Å². The van der Waals surface area contributed by atoms with E-state index >= 15 is 0 Å². The van der Waals surface area contributed by atoms with E-state index in [2.05, 4.69) is 5.32 Å². The maximum atomic E-state index is 13.5. The van der Waals surface area contributed by atoms with E-state index in [1.807, 2.05) is 45.9 Å². The van der Waals surface area contributed by atoms with Crippen LogP contribution in [-0.4, -0.2) is 34.1 Å². The Labute approximate surface area is 207 Å². The van der Waals surface area contributed by atoms with Crippen molar-refractivity contribution in [1.29, 1.82) is 0 Å². The second-order valence-corrected chi connectivity index (χ2v) is 9.96. The Balaban J connectivity index is 1.83. The lowest BCUT2D eigenvalue weighted by Gasteiger charge is -2.25. The Bertz CT molecular complexity index is 1240. The molecule has 0 atom stereocenters. The Hall–Kier alpha value is -3.52. The molecular formula is C27H32N2O5S. The molecule has 1 amide bonds. The van der Waals surface area contributed by atoms with Crippen molar-refractivity contribution < 1.29 is 22.7 Å². The summed E-state index contributed by atoms with van der Waals surface area (Å²) in [5.41, 5.74) is 3.08. The summed E-state index contributed by atoms with van der Waals surface area (Å²) in [6.45, 7) is 8.44. The molecule has 0 aliphatic rings. The fourth-order valence-electron chi connectivity index (χ4n) is 3.72. The summed E-state index contributed by atoms with van der Waals surface area (Å²) in [6.07, 6.45) is 0. The summed E-state index contributed by atoms with van der Waals surface area (Å²) in [5.74, 6) is 0.819. The van der Waals surface area contributed by atoms with Crippen LogP contribution < -0.4 is 19.1 Å². The third-order valence-electron chi connectivity index (χ3n) is 5.21. The fourth-order valence-corrected chi connectivity index (χ4v) is 5.15. The molecule has 0 radical (unpaired) electrons. The smallest absolute Gasteiger partial charge is 0.264 e. The van der Waals surface area contributed by atoms with Gasteiger partial charge in [-0.3, -0.25) is 9.10 Å². The van der Waals surface area contributed by atoms with Crippen molar-refractivity contribution in [2.24, 2.45) is 0 Å². The summed E-state index contributed by atoms with van der Waals surface area (Å²) < 4.78 is 39.4. The highest BCUT2D eigenvalue weighted by Gasteiger charge is 2.27. The molecule has 3 aromatic carbocycles. The van der Waals surface area contributed by atoms with Gasteiger partial charge >= 0.3 is 0 Å². The summed E-state index contributed by atoms with van der Waals surface area (Å²) in [7, 11) is -3.96. The van der Waals surface area contributed by atoms with Gasteiger partial charge in [0.05, 0.1) is 23.8 Å². The van der Waals surface area contributed by atoms with E-state index in [-0.39, 0.29) is 18.0 Å². The van der Waals surface area contributed by atoms with E-state index in [1.54, 1.807) is 36.4 Å².